The summed E-state index contributed by atoms with van der Waals surface area (Å²) < 4.78 is 24.6. The molecular weight excluding hydrogens is 348 g/mol. The Kier molecular flexibility index (Phi) is 6.57. The van der Waals surface area contributed by atoms with Gasteiger partial charge in [0.25, 0.3) is 5.76 Å². The monoisotopic (exact) mass is 371 g/mol. The molecule has 0 heterocycles. The van der Waals surface area contributed by atoms with Gasteiger partial charge in [-0.15, -0.1) is 0 Å². The number of halogens is 2. The fourth-order valence-corrected chi connectivity index (χ4v) is 3.87. The molecule has 0 radical (unpaired) electrons. The molecule has 0 unspecified atom stereocenters. The summed E-state index contributed by atoms with van der Waals surface area (Å²) in [6.07, 6.45) is 3.16. The van der Waals surface area contributed by atoms with Gasteiger partial charge in [-0.05, 0) is 67.1 Å². The van der Waals surface area contributed by atoms with E-state index in [1.165, 1.54) is 6.42 Å². The number of hydrazone groups is 1. The lowest BCUT2D eigenvalue weighted by molar-refractivity contribution is 0.252. The standard InChI is InChI=1S/C17H23F2N3S2/c1-11-8-13(10-17(2,3)9-11)21-22-16(23)20-12-4-6-14(7-5-12)24-15(18)19/h4-7,11,15H,8-10H2,1-3H3,(H2,20,22,23)/b21-13-/t11-/m0/s1. The van der Waals surface area contributed by atoms with Crippen LogP contribution in [0.1, 0.15) is 40.0 Å². The lowest BCUT2D eigenvalue weighted by atomic mass is 9.72. The number of alkyl halides is 2. The van der Waals surface area contributed by atoms with Crippen LogP contribution < -0.4 is 10.7 Å². The Labute approximate surface area is 151 Å². The minimum absolute atomic E-state index is 0.269. The molecular formula is C17H23F2N3S2. The van der Waals surface area contributed by atoms with Crippen LogP contribution in [0.2, 0.25) is 0 Å². The Bertz CT molecular complexity index is 600. The second-order valence-electron chi connectivity index (χ2n) is 7.00. The average Bonchev–Trinajstić information content (AvgIpc) is 2.45. The van der Waals surface area contributed by atoms with Gasteiger partial charge in [0, 0.05) is 16.3 Å². The molecule has 1 aromatic rings. The van der Waals surface area contributed by atoms with Crippen molar-refractivity contribution in [3.8, 4) is 0 Å². The highest BCUT2D eigenvalue weighted by Gasteiger charge is 2.29. The number of hydrogen-bond donors (Lipinski definition) is 2. The zero-order valence-electron chi connectivity index (χ0n) is 14.1. The van der Waals surface area contributed by atoms with Crippen LogP contribution in [0, 0.1) is 11.3 Å². The molecule has 1 aliphatic carbocycles. The Morgan fingerprint density at radius 2 is 2.00 bits per heavy atom. The minimum Gasteiger partial charge on any atom is -0.331 e. The SMILES string of the molecule is C[C@H]1C/C(=N/NC(=S)Nc2ccc(SC(F)F)cc2)CC(C)(C)C1. The summed E-state index contributed by atoms with van der Waals surface area (Å²) in [4.78, 5) is 0.521. The Hall–Kier alpha value is -1.21. The third-order valence-electron chi connectivity index (χ3n) is 3.82. The first-order valence-electron chi connectivity index (χ1n) is 7.91. The first-order chi connectivity index (χ1) is 11.2. The minimum atomic E-state index is -2.41. The van der Waals surface area contributed by atoms with Crippen LogP contribution in [0.3, 0.4) is 0 Å². The van der Waals surface area contributed by atoms with E-state index in [2.05, 4.69) is 36.6 Å². The van der Waals surface area contributed by atoms with Crippen molar-refractivity contribution in [2.75, 3.05) is 5.32 Å². The van der Waals surface area contributed by atoms with Gasteiger partial charge in [0.05, 0.1) is 0 Å². The maximum atomic E-state index is 12.3. The third-order valence-corrected chi connectivity index (χ3v) is 4.74. The van der Waals surface area contributed by atoms with E-state index in [0.29, 0.717) is 27.7 Å². The van der Waals surface area contributed by atoms with Gasteiger partial charge in [-0.1, -0.05) is 32.5 Å². The van der Waals surface area contributed by atoms with Crippen molar-refractivity contribution >= 4 is 40.5 Å². The molecule has 2 N–H and O–H groups in total. The zero-order valence-corrected chi connectivity index (χ0v) is 15.7. The van der Waals surface area contributed by atoms with Crippen molar-refractivity contribution < 1.29 is 8.78 Å². The van der Waals surface area contributed by atoms with Crippen LogP contribution in [0.5, 0.6) is 0 Å². The number of nitrogens with zero attached hydrogens (tertiary/aromatic N) is 1. The van der Waals surface area contributed by atoms with E-state index in [4.69, 9.17) is 12.2 Å². The largest absolute Gasteiger partial charge is 0.331 e. The second-order valence-corrected chi connectivity index (χ2v) is 8.47. The Morgan fingerprint density at radius 3 is 2.58 bits per heavy atom. The molecule has 2 rings (SSSR count). The molecule has 24 heavy (non-hydrogen) atoms. The highest BCUT2D eigenvalue weighted by Crippen LogP contribution is 2.36. The zero-order chi connectivity index (χ0) is 17.7. The summed E-state index contributed by atoms with van der Waals surface area (Å²) in [5, 5.41) is 7.85. The molecule has 1 fully saturated rings. The first kappa shape index (κ1) is 19.1. The van der Waals surface area contributed by atoms with Gasteiger partial charge in [-0.3, -0.25) is 5.43 Å². The Morgan fingerprint density at radius 1 is 1.33 bits per heavy atom. The molecule has 0 aromatic heterocycles. The summed E-state index contributed by atoms with van der Waals surface area (Å²) in [5.74, 6) is -1.79. The lowest BCUT2D eigenvalue weighted by Gasteiger charge is -2.34. The molecule has 0 amide bonds. The fraction of sp³-hybridized carbons (Fsp3) is 0.529. The van der Waals surface area contributed by atoms with Gasteiger partial charge in [0.15, 0.2) is 5.11 Å². The molecule has 0 bridgehead atoms. The van der Waals surface area contributed by atoms with Gasteiger partial charge in [-0.2, -0.15) is 13.9 Å². The van der Waals surface area contributed by atoms with Crippen molar-refractivity contribution in [3.63, 3.8) is 0 Å². The topological polar surface area (TPSA) is 36.4 Å². The predicted molar refractivity (Wildman–Crippen MR) is 102 cm³/mol. The number of anilines is 1. The normalized spacial score (nSPS) is 21.8. The molecule has 0 aliphatic heterocycles. The number of rotatable bonds is 4. The smallest absolute Gasteiger partial charge is 0.288 e. The van der Waals surface area contributed by atoms with Crippen molar-refractivity contribution in [2.45, 2.75) is 50.7 Å². The number of hydrogen-bond acceptors (Lipinski definition) is 3. The summed E-state index contributed by atoms with van der Waals surface area (Å²) >= 11 is 5.76. The van der Waals surface area contributed by atoms with Crippen LogP contribution in [-0.2, 0) is 0 Å². The fourth-order valence-electron chi connectivity index (χ4n) is 3.21. The van der Waals surface area contributed by atoms with Crippen molar-refractivity contribution in [2.24, 2.45) is 16.4 Å². The van der Waals surface area contributed by atoms with Crippen molar-refractivity contribution in [3.05, 3.63) is 24.3 Å². The first-order valence-corrected chi connectivity index (χ1v) is 9.19. The van der Waals surface area contributed by atoms with Crippen LogP contribution >= 0.6 is 24.0 Å². The molecule has 1 aliphatic rings. The van der Waals surface area contributed by atoms with E-state index in [1.54, 1.807) is 24.3 Å². The van der Waals surface area contributed by atoms with Crippen molar-refractivity contribution in [1.29, 1.82) is 0 Å². The summed E-state index contributed by atoms with van der Waals surface area (Å²) in [6.45, 7) is 6.76. The van der Waals surface area contributed by atoms with Crippen molar-refractivity contribution in [1.82, 2.24) is 5.43 Å². The van der Waals surface area contributed by atoms with E-state index in [-0.39, 0.29) is 5.41 Å². The van der Waals surface area contributed by atoms with E-state index in [0.717, 1.165) is 24.2 Å². The summed E-state index contributed by atoms with van der Waals surface area (Å²) in [5.41, 5.74) is 5.03. The van der Waals surface area contributed by atoms with Gasteiger partial charge < -0.3 is 5.32 Å². The highest BCUT2D eigenvalue weighted by atomic mass is 32.2. The van der Waals surface area contributed by atoms with Gasteiger partial charge >= 0.3 is 0 Å². The molecule has 132 valence electrons. The number of benzene rings is 1. The van der Waals surface area contributed by atoms with Gasteiger partial charge in [0.1, 0.15) is 0 Å². The Balaban J connectivity index is 1.88. The van der Waals surface area contributed by atoms with Gasteiger partial charge in [-0.25, -0.2) is 0 Å². The maximum absolute atomic E-state index is 12.3. The van der Waals surface area contributed by atoms with Crippen LogP contribution in [-0.4, -0.2) is 16.6 Å². The van der Waals surface area contributed by atoms with E-state index in [1.807, 2.05) is 0 Å². The molecule has 1 aromatic carbocycles. The molecule has 7 heteroatoms. The summed E-state index contributed by atoms with van der Waals surface area (Å²) in [6, 6.07) is 6.72. The second kappa shape index (κ2) is 8.25. The molecule has 3 nitrogen and oxygen atoms in total. The molecule has 1 atom stereocenters. The molecule has 1 saturated carbocycles. The molecule has 0 saturated heterocycles. The van der Waals surface area contributed by atoms with Crippen LogP contribution in [0.25, 0.3) is 0 Å². The maximum Gasteiger partial charge on any atom is 0.288 e. The number of thiocarbonyl (C=S) groups is 1. The summed E-state index contributed by atoms with van der Waals surface area (Å²) in [7, 11) is 0. The van der Waals surface area contributed by atoms with E-state index >= 15 is 0 Å². The highest BCUT2D eigenvalue weighted by molar-refractivity contribution is 7.99. The van der Waals surface area contributed by atoms with E-state index < -0.39 is 5.76 Å². The predicted octanol–water partition coefficient (Wildman–Crippen LogP) is 5.49. The number of nitrogens with one attached hydrogen (secondary N) is 2. The number of thioether (sulfide) groups is 1. The lowest BCUT2D eigenvalue weighted by Crippen LogP contribution is -2.31. The third kappa shape index (κ3) is 6.36. The van der Waals surface area contributed by atoms with E-state index in [9.17, 15) is 8.78 Å². The average molecular weight is 372 g/mol. The van der Waals surface area contributed by atoms with Crippen LogP contribution in [0.4, 0.5) is 14.5 Å². The van der Waals surface area contributed by atoms with Crippen LogP contribution in [0.15, 0.2) is 34.3 Å². The van der Waals surface area contributed by atoms with Gasteiger partial charge in [0.2, 0.25) is 0 Å². The molecule has 0 spiro atoms. The quantitative estimate of drug-likeness (QED) is 0.417.